The van der Waals surface area contributed by atoms with E-state index < -0.39 is 0 Å². The molecule has 0 radical (unpaired) electrons. The van der Waals surface area contributed by atoms with Crippen molar-refractivity contribution in [1.82, 2.24) is 15.1 Å². The van der Waals surface area contributed by atoms with Crippen molar-refractivity contribution in [2.24, 2.45) is 0 Å². The highest BCUT2D eigenvalue weighted by Crippen LogP contribution is 2.20. The fourth-order valence-corrected chi connectivity index (χ4v) is 3.92. The standard InChI is InChI=1S/C25H27N3O2/c1-19(22-12-11-20-7-5-6-10-23(20)17-22)26-24(29)18-27-13-15-28(16-14-27)25(30)21-8-3-2-4-9-21/h2-12,17,19H,13-16,18H2,1H3,(H,26,29)/t19-/m1/s1. The van der Waals surface area contributed by atoms with Gasteiger partial charge in [0.2, 0.25) is 5.91 Å². The van der Waals surface area contributed by atoms with Crippen LogP contribution in [0.3, 0.4) is 0 Å². The number of carbonyl (C=O) groups excluding carboxylic acids is 2. The minimum Gasteiger partial charge on any atom is -0.348 e. The van der Waals surface area contributed by atoms with Crippen molar-refractivity contribution in [2.45, 2.75) is 13.0 Å². The van der Waals surface area contributed by atoms with Crippen LogP contribution < -0.4 is 5.32 Å². The van der Waals surface area contributed by atoms with E-state index >= 15 is 0 Å². The van der Waals surface area contributed by atoms with Gasteiger partial charge in [0, 0.05) is 31.7 Å². The molecule has 0 unspecified atom stereocenters. The van der Waals surface area contributed by atoms with Crippen LogP contribution >= 0.6 is 0 Å². The molecule has 1 N–H and O–H groups in total. The highest BCUT2D eigenvalue weighted by Gasteiger charge is 2.23. The molecule has 0 saturated carbocycles. The van der Waals surface area contributed by atoms with E-state index in [0.29, 0.717) is 38.3 Å². The maximum absolute atomic E-state index is 12.6. The lowest BCUT2D eigenvalue weighted by molar-refractivity contribution is -0.123. The Kier molecular flexibility index (Phi) is 6.10. The van der Waals surface area contributed by atoms with Crippen LogP contribution in [0.4, 0.5) is 0 Å². The minimum atomic E-state index is -0.0527. The van der Waals surface area contributed by atoms with E-state index in [2.05, 4.69) is 40.5 Å². The fourth-order valence-electron chi connectivity index (χ4n) is 3.92. The second-order valence-electron chi connectivity index (χ2n) is 7.83. The van der Waals surface area contributed by atoms with E-state index in [0.717, 1.165) is 5.56 Å². The van der Waals surface area contributed by atoms with Gasteiger partial charge in [0.05, 0.1) is 12.6 Å². The van der Waals surface area contributed by atoms with E-state index in [-0.39, 0.29) is 17.9 Å². The number of rotatable bonds is 5. The van der Waals surface area contributed by atoms with Crippen molar-refractivity contribution in [3.63, 3.8) is 0 Å². The van der Waals surface area contributed by atoms with Gasteiger partial charge in [-0.15, -0.1) is 0 Å². The molecule has 5 heteroatoms. The molecule has 0 aliphatic carbocycles. The molecule has 5 nitrogen and oxygen atoms in total. The molecule has 1 fully saturated rings. The maximum Gasteiger partial charge on any atom is 0.253 e. The van der Waals surface area contributed by atoms with Gasteiger partial charge < -0.3 is 10.2 Å². The predicted octanol–water partition coefficient (Wildman–Crippen LogP) is 3.48. The topological polar surface area (TPSA) is 52.7 Å². The summed E-state index contributed by atoms with van der Waals surface area (Å²) in [6.45, 7) is 5.05. The number of benzene rings is 3. The Labute approximate surface area is 177 Å². The molecule has 154 valence electrons. The number of nitrogens with zero attached hydrogens (tertiary/aromatic N) is 2. The van der Waals surface area contributed by atoms with Gasteiger partial charge in [-0.3, -0.25) is 14.5 Å². The summed E-state index contributed by atoms with van der Waals surface area (Å²) >= 11 is 0. The number of hydrogen-bond acceptors (Lipinski definition) is 3. The molecule has 30 heavy (non-hydrogen) atoms. The van der Waals surface area contributed by atoms with Gasteiger partial charge in [0.25, 0.3) is 5.91 Å². The maximum atomic E-state index is 12.6. The van der Waals surface area contributed by atoms with Crippen LogP contribution in [0.25, 0.3) is 10.8 Å². The van der Waals surface area contributed by atoms with Gasteiger partial charge in [0.15, 0.2) is 0 Å². The Bertz CT molecular complexity index is 1030. The van der Waals surface area contributed by atoms with Gasteiger partial charge in [-0.1, -0.05) is 54.6 Å². The lowest BCUT2D eigenvalue weighted by Crippen LogP contribution is -2.51. The molecule has 3 aromatic rings. The van der Waals surface area contributed by atoms with Crippen molar-refractivity contribution in [1.29, 1.82) is 0 Å². The Morgan fingerprint density at radius 3 is 2.27 bits per heavy atom. The third-order valence-electron chi connectivity index (χ3n) is 5.70. The van der Waals surface area contributed by atoms with Crippen molar-refractivity contribution in [3.05, 3.63) is 83.9 Å². The smallest absolute Gasteiger partial charge is 0.253 e. The molecule has 4 rings (SSSR count). The Morgan fingerprint density at radius 2 is 1.53 bits per heavy atom. The van der Waals surface area contributed by atoms with Gasteiger partial charge >= 0.3 is 0 Å². The summed E-state index contributed by atoms with van der Waals surface area (Å²) in [7, 11) is 0. The van der Waals surface area contributed by atoms with Crippen LogP contribution in [-0.4, -0.2) is 54.3 Å². The van der Waals surface area contributed by atoms with Gasteiger partial charge in [0.1, 0.15) is 0 Å². The first-order valence-electron chi connectivity index (χ1n) is 10.4. The number of nitrogens with one attached hydrogen (secondary N) is 1. The average molecular weight is 402 g/mol. The number of amides is 2. The summed E-state index contributed by atoms with van der Waals surface area (Å²) in [5, 5.41) is 5.48. The molecule has 1 aliphatic rings. The summed E-state index contributed by atoms with van der Waals surface area (Å²) in [4.78, 5) is 29.1. The third kappa shape index (κ3) is 4.69. The molecule has 2 amide bonds. The van der Waals surface area contributed by atoms with Gasteiger partial charge in [-0.2, -0.15) is 0 Å². The van der Waals surface area contributed by atoms with E-state index in [9.17, 15) is 9.59 Å². The van der Waals surface area contributed by atoms with E-state index in [1.54, 1.807) is 0 Å². The normalized spacial score (nSPS) is 15.7. The van der Waals surface area contributed by atoms with Crippen molar-refractivity contribution in [3.8, 4) is 0 Å². The summed E-state index contributed by atoms with van der Waals surface area (Å²) < 4.78 is 0. The van der Waals surface area contributed by atoms with E-state index in [1.807, 2.05) is 54.3 Å². The van der Waals surface area contributed by atoms with E-state index in [1.165, 1.54) is 10.8 Å². The first-order valence-corrected chi connectivity index (χ1v) is 10.4. The van der Waals surface area contributed by atoms with E-state index in [4.69, 9.17) is 0 Å². The summed E-state index contributed by atoms with van der Waals surface area (Å²) in [5.74, 6) is 0.0723. The van der Waals surface area contributed by atoms with Crippen molar-refractivity contribution < 1.29 is 9.59 Å². The molecule has 3 aromatic carbocycles. The lowest BCUT2D eigenvalue weighted by atomic mass is 10.0. The molecule has 1 atom stereocenters. The van der Waals surface area contributed by atoms with Crippen LogP contribution in [0.5, 0.6) is 0 Å². The first kappa shape index (κ1) is 20.1. The van der Waals surface area contributed by atoms with Crippen LogP contribution in [0.15, 0.2) is 72.8 Å². The predicted molar refractivity (Wildman–Crippen MR) is 119 cm³/mol. The molecular formula is C25H27N3O2. The molecular weight excluding hydrogens is 374 g/mol. The van der Waals surface area contributed by atoms with Crippen LogP contribution in [0.2, 0.25) is 0 Å². The fraction of sp³-hybridized carbons (Fsp3) is 0.280. The summed E-state index contributed by atoms with van der Waals surface area (Å²) in [5.41, 5.74) is 1.81. The summed E-state index contributed by atoms with van der Waals surface area (Å²) in [6.07, 6.45) is 0. The Balaban J connectivity index is 1.27. The average Bonchev–Trinajstić information content (AvgIpc) is 2.79. The minimum absolute atomic E-state index is 0.0125. The van der Waals surface area contributed by atoms with Gasteiger partial charge in [-0.05, 0) is 41.5 Å². The quantitative estimate of drug-likeness (QED) is 0.712. The highest BCUT2D eigenvalue weighted by molar-refractivity contribution is 5.94. The molecule has 1 aliphatic heterocycles. The zero-order valence-corrected chi connectivity index (χ0v) is 17.3. The van der Waals surface area contributed by atoms with Crippen LogP contribution in [-0.2, 0) is 4.79 Å². The van der Waals surface area contributed by atoms with Crippen LogP contribution in [0.1, 0.15) is 28.9 Å². The SMILES string of the molecule is C[C@@H](NC(=O)CN1CCN(C(=O)c2ccccc2)CC1)c1ccc2ccccc2c1. The zero-order valence-electron chi connectivity index (χ0n) is 17.3. The monoisotopic (exact) mass is 401 g/mol. The zero-order chi connectivity index (χ0) is 20.9. The molecule has 1 heterocycles. The van der Waals surface area contributed by atoms with Gasteiger partial charge in [-0.25, -0.2) is 0 Å². The highest BCUT2D eigenvalue weighted by atomic mass is 16.2. The second-order valence-corrected chi connectivity index (χ2v) is 7.83. The molecule has 0 bridgehead atoms. The lowest BCUT2D eigenvalue weighted by Gasteiger charge is -2.34. The number of fused-ring (bicyclic) bond motifs is 1. The first-order chi connectivity index (χ1) is 14.6. The number of carbonyl (C=O) groups is 2. The van der Waals surface area contributed by atoms with Crippen molar-refractivity contribution in [2.75, 3.05) is 32.7 Å². The second kappa shape index (κ2) is 9.09. The molecule has 0 aromatic heterocycles. The Morgan fingerprint density at radius 1 is 0.867 bits per heavy atom. The van der Waals surface area contributed by atoms with Crippen molar-refractivity contribution >= 4 is 22.6 Å². The Hall–Kier alpha value is -3.18. The molecule has 1 saturated heterocycles. The number of hydrogen-bond donors (Lipinski definition) is 1. The molecule has 0 spiro atoms. The summed E-state index contributed by atoms with van der Waals surface area (Å²) in [6, 6.07) is 23.8. The van der Waals surface area contributed by atoms with Crippen LogP contribution in [0, 0.1) is 0 Å². The third-order valence-corrected chi connectivity index (χ3v) is 5.70. The number of piperazine rings is 1. The largest absolute Gasteiger partial charge is 0.348 e.